The van der Waals surface area contributed by atoms with E-state index in [1.54, 1.807) is 19.1 Å². The smallest absolute Gasteiger partial charge is 0.271 e. The number of aromatic nitrogens is 1. The molecule has 33 heavy (non-hydrogen) atoms. The maximum atomic E-state index is 13.3. The highest BCUT2D eigenvalue weighted by Gasteiger charge is 2.28. The first kappa shape index (κ1) is 23.8. The van der Waals surface area contributed by atoms with Crippen molar-refractivity contribution < 1.29 is 14.6 Å². The molecule has 0 saturated heterocycles. The van der Waals surface area contributed by atoms with Crippen molar-refractivity contribution in [2.45, 2.75) is 53.2 Å². The number of benzene rings is 2. The fraction of sp³-hybridized carbons (Fsp3) is 0.296. The van der Waals surface area contributed by atoms with Crippen LogP contribution in [0.5, 0.6) is 11.6 Å². The number of carbonyl (C=O) groups excluding carboxylic acids is 1. The van der Waals surface area contributed by atoms with Crippen LogP contribution in [-0.4, -0.2) is 21.6 Å². The molecule has 1 N–H and O–H groups in total. The van der Waals surface area contributed by atoms with Crippen molar-refractivity contribution in [1.29, 1.82) is 5.26 Å². The van der Waals surface area contributed by atoms with Gasteiger partial charge in [0, 0.05) is 0 Å². The molecular weight excluding hydrogens is 416 g/mol. The van der Waals surface area contributed by atoms with E-state index in [0.717, 1.165) is 21.3 Å². The van der Waals surface area contributed by atoms with Crippen LogP contribution in [0.4, 0.5) is 0 Å². The van der Waals surface area contributed by atoms with Gasteiger partial charge in [-0.25, -0.2) is 0 Å². The van der Waals surface area contributed by atoms with E-state index in [0.29, 0.717) is 11.7 Å². The number of ether oxygens (including phenoxy) is 1. The second-order valence-electron chi connectivity index (χ2n) is 8.54. The molecule has 0 spiro atoms. The molecule has 0 amide bonds. The summed E-state index contributed by atoms with van der Waals surface area (Å²) in [6, 6.07) is 16.8. The number of nitrogens with zero attached hydrogens (tertiary/aromatic N) is 2. The summed E-state index contributed by atoms with van der Waals surface area (Å²) >= 11 is 0. The maximum absolute atomic E-state index is 13.3. The summed E-state index contributed by atoms with van der Waals surface area (Å²) in [4.78, 5) is 26.2. The molecule has 2 aromatic carbocycles. The Morgan fingerprint density at radius 3 is 2.21 bits per heavy atom. The van der Waals surface area contributed by atoms with Crippen LogP contribution in [0.1, 0.15) is 64.9 Å². The molecule has 1 unspecified atom stereocenters. The number of Topliss-reactive ketones (excluding diaryl/α,β-unsaturated/α-hetero) is 1. The number of carbonyl (C=O) groups is 1. The molecule has 0 radical (unpaired) electrons. The lowest BCUT2D eigenvalue weighted by atomic mass is 9.99. The topological polar surface area (TPSA) is 92.3 Å². The highest BCUT2D eigenvalue weighted by atomic mass is 16.5. The molecule has 3 aromatic rings. The second-order valence-corrected chi connectivity index (χ2v) is 8.54. The first-order chi connectivity index (χ1) is 15.6. The summed E-state index contributed by atoms with van der Waals surface area (Å²) in [5.41, 5.74) is 2.23. The summed E-state index contributed by atoms with van der Waals surface area (Å²) in [6.45, 7) is 9.23. The van der Waals surface area contributed by atoms with Gasteiger partial charge in [0.25, 0.3) is 5.56 Å². The Hall–Kier alpha value is -3.85. The molecule has 1 heterocycles. The van der Waals surface area contributed by atoms with Gasteiger partial charge in [-0.15, -0.1) is 0 Å². The zero-order chi connectivity index (χ0) is 24.3. The normalized spacial score (nSPS) is 11.8. The highest BCUT2D eigenvalue weighted by Crippen LogP contribution is 2.26. The third kappa shape index (κ3) is 4.98. The summed E-state index contributed by atoms with van der Waals surface area (Å²) in [6.07, 6.45) is -0.934. The molecule has 170 valence electrons. The monoisotopic (exact) mass is 444 g/mol. The van der Waals surface area contributed by atoms with Gasteiger partial charge in [0.1, 0.15) is 17.4 Å². The Morgan fingerprint density at radius 1 is 1.06 bits per heavy atom. The van der Waals surface area contributed by atoms with Crippen LogP contribution in [-0.2, 0) is 6.54 Å². The maximum Gasteiger partial charge on any atom is 0.271 e. The van der Waals surface area contributed by atoms with Crippen molar-refractivity contribution in [1.82, 2.24) is 4.57 Å². The van der Waals surface area contributed by atoms with Gasteiger partial charge in [-0.1, -0.05) is 55.8 Å². The number of hydrogen-bond donors (Lipinski definition) is 1. The minimum atomic E-state index is -0.934. The van der Waals surface area contributed by atoms with Crippen LogP contribution >= 0.6 is 0 Å². The number of nitriles is 1. The number of ketones is 1. The van der Waals surface area contributed by atoms with E-state index in [2.05, 4.69) is 13.8 Å². The van der Waals surface area contributed by atoms with Gasteiger partial charge in [-0.2, -0.15) is 5.26 Å². The minimum absolute atomic E-state index is 0.0338. The molecular formula is C27H28N2O4. The molecule has 3 rings (SSSR count). The summed E-state index contributed by atoms with van der Waals surface area (Å²) < 4.78 is 6.88. The van der Waals surface area contributed by atoms with Crippen molar-refractivity contribution in [2.75, 3.05) is 0 Å². The van der Waals surface area contributed by atoms with Crippen LogP contribution in [0.3, 0.4) is 0 Å². The van der Waals surface area contributed by atoms with Gasteiger partial charge in [0.15, 0.2) is 6.10 Å². The van der Waals surface area contributed by atoms with Crippen LogP contribution in [0.15, 0.2) is 53.3 Å². The van der Waals surface area contributed by atoms with Crippen molar-refractivity contribution in [2.24, 2.45) is 0 Å². The van der Waals surface area contributed by atoms with Crippen LogP contribution in [0.2, 0.25) is 0 Å². The lowest BCUT2D eigenvalue weighted by Crippen LogP contribution is -2.31. The van der Waals surface area contributed by atoms with E-state index < -0.39 is 23.3 Å². The molecule has 0 aliphatic carbocycles. The summed E-state index contributed by atoms with van der Waals surface area (Å²) in [5, 5.41) is 20.5. The fourth-order valence-corrected chi connectivity index (χ4v) is 3.66. The predicted molar refractivity (Wildman–Crippen MR) is 127 cm³/mol. The number of pyridine rings is 1. The van der Waals surface area contributed by atoms with E-state index in [-0.39, 0.29) is 23.2 Å². The Balaban J connectivity index is 1.98. The van der Waals surface area contributed by atoms with Gasteiger partial charge in [-0.05, 0) is 55.5 Å². The van der Waals surface area contributed by atoms with E-state index in [9.17, 15) is 20.0 Å². The van der Waals surface area contributed by atoms with Crippen LogP contribution in [0.25, 0.3) is 0 Å². The van der Waals surface area contributed by atoms with E-state index >= 15 is 0 Å². The summed E-state index contributed by atoms with van der Waals surface area (Å²) in [7, 11) is 0. The first-order valence-electron chi connectivity index (χ1n) is 10.9. The number of rotatable bonds is 7. The van der Waals surface area contributed by atoms with Crippen LogP contribution < -0.4 is 10.3 Å². The molecule has 6 nitrogen and oxygen atoms in total. The van der Waals surface area contributed by atoms with E-state index in [1.807, 2.05) is 49.4 Å². The van der Waals surface area contributed by atoms with Gasteiger partial charge in [0.05, 0.1) is 12.1 Å². The van der Waals surface area contributed by atoms with Gasteiger partial charge >= 0.3 is 0 Å². The summed E-state index contributed by atoms with van der Waals surface area (Å²) in [5.74, 6) is -0.0812. The number of aromatic hydroxyl groups is 1. The molecule has 0 fully saturated rings. The zero-order valence-corrected chi connectivity index (χ0v) is 19.5. The van der Waals surface area contributed by atoms with Gasteiger partial charge in [0.2, 0.25) is 11.7 Å². The largest absolute Gasteiger partial charge is 0.494 e. The molecule has 0 saturated carbocycles. The van der Waals surface area contributed by atoms with E-state index in [4.69, 9.17) is 4.74 Å². The molecule has 1 atom stereocenters. The van der Waals surface area contributed by atoms with Gasteiger partial charge in [-0.3, -0.25) is 14.2 Å². The average molecular weight is 445 g/mol. The minimum Gasteiger partial charge on any atom is -0.494 e. The zero-order valence-electron chi connectivity index (χ0n) is 19.5. The standard InChI is InChI=1S/C27H28N2O4/c1-16(2)21-10-12-22(13-11-21)33-19(5)25(30)24-18(4)23(14-28)26(31)29(27(24)32)15-20-8-6-17(3)7-9-20/h6-13,16,19,32H,15H2,1-5H3. The lowest BCUT2D eigenvalue weighted by molar-refractivity contribution is 0.0812. The Morgan fingerprint density at radius 2 is 1.67 bits per heavy atom. The predicted octanol–water partition coefficient (Wildman–Crippen LogP) is 4.86. The average Bonchev–Trinajstić information content (AvgIpc) is 2.78. The number of hydrogen-bond acceptors (Lipinski definition) is 5. The third-order valence-corrected chi connectivity index (χ3v) is 5.74. The van der Waals surface area contributed by atoms with Crippen molar-refractivity contribution in [3.8, 4) is 17.7 Å². The molecule has 0 bridgehead atoms. The Bertz CT molecular complexity index is 1260. The van der Waals surface area contributed by atoms with E-state index in [1.165, 1.54) is 6.92 Å². The molecule has 6 heteroatoms. The molecule has 1 aromatic heterocycles. The lowest BCUT2D eigenvalue weighted by Gasteiger charge is -2.19. The Labute approximate surface area is 193 Å². The second kappa shape index (κ2) is 9.74. The third-order valence-electron chi connectivity index (χ3n) is 5.74. The van der Waals surface area contributed by atoms with Crippen molar-refractivity contribution in [3.63, 3.8) is 0 Å². The first-order valence-corrected chi connectivity index (χ1v) is 10.9. The highest BCUT2D eigenvalue weighted by molar-refractivity contribution is 6.03. The Kier molecular flexibility index (Phi) is 7.03. The van der Waals surface area contributed by atoms with Crippen molar-refractivity contribution in [3.05, 3.63) is 92.3 Å². The fourth-order valence-electron chi connectivity index (χ4n) is 3.66. The molecule has 0 aliphatic rings. The van der Waals surface area contributed by atoms with Crippen LogP contribution in [0, 0.1) is 25.2 Å². The quantitative estimate of drug-likeness (QED) is 0.525. The van der Waals surface area contributed by atoms with Gasteiger partial charge < -0.3 is 9.84 Å². The molecule has 0 aliphatic heterocycles. The number of aryl methyl sites for hydroxylation is 1. The SMILES string of the molecule is Cc1ccc(Cn2c(O)c(C(=O)C(C)Oc3ccc(C(C)C)cc3)c(C)c(C#N)c2=O)cc1. The van der Waals surface area contributed by atoms with Crippen molar-refractivity contribution >= 4 is 5.78 Å².